The van der Waals surface area contributed by atoms with E-state index in [1.54, 1.807) is 23.5 Å². The maximum Gasteiger partial charge on any atom is 0.251 e. The second kappa shape index (κ2) is 7.37. The molecule has 0 aliphatic carbocycles. The molecule has 0 atom stereocenters. The van der Waals surface area contributed by atoms with E-state index in [0.717, 1.165) is 21.0 Å². The summed E-state index contributed by atoms with van der Waals surface area (Å²) in [5, 5.41) is 3.81. The summed E-state index contributed by atoms with van der Waals surface area (Å²) in [4.78, 5) is 17.0. The first-order valence-corrected chi connectivity index (χ1v) is 9.05. The average Bonchev–Trinajstić information content (AvgIpc) is 3.10. The van der Waals surface area contributed by atoms with Crippen molar-refractivity contribution in [2.24, 2.45) is 0 Å². The fourth-order valence-electron chi connectivity index (χ4n) is 2.58. The van der Waals surface area contributed by atoms with E-state index in [1.165, 1.54) is 0 Å². The third-order valence-electron chi connectivity index (χ3n) is 3.81. The fourth-order valence-corrected chi connectivity index (χ4v) is 3.49. The molecule has 4 nitrogen and oxygen atoms in total. The number of aromatic nitrogens is 1. The first-order valence-electron chi connectivity index (χ1n) is 8.23. The number of carbonyl (C=O) groups excluding carboxylic acids is 1. The number of rotatable bonds is 5. The van der Waals surface area contributed by atoms with Crippen LogP contribution >= 0.6 is 11.3 Å². The number of hydrogen-bond donors (Lipinski definition) is 1. The second-order valence-corrected chi connectivity index (χ2v) is 6.82. The van der Waals surface area contributed by atoms with Crippen LogP contribution in [0.5, 0.6) is 11.5 Å². The third kappa shape index (κ3) is 3.73. The molecule has 0 saturated carbocycles. The van der Waals surface area contributed by atoms with Crippen LogP contribution in [0.2, 0.25) is 0 Å². The molecule has 3 aromatic carbocycles. The predicted octanol–water partition coefficient (Wildman–Crippen LogP) is 5.02. The summed E-state index contributed by atoms with van der Waals surface area (Å²) in [6.45, 7) is 0.405. The van der Waals surface area contributed by atoms with E-state index in [1.807, 2.05) is 66.7 Å². The van der Waals surface area contributed by atoms with Crippen molar-refractivity contribution in [3.8, 4) is 11.5 Å². The maximum atomic E-state index is 12.4. The fraction of sp³-hybridized carbons (Fsp3) is 0.0476. The first kappa shape index (κ1) is 16.3. The van der Waals surface area contributed by atoms with Gasteiger partial charge in [-0.2, -0.15) is 0 Å². The number of thiazole rings is 1. The van der Waals surface area contributed by atoms with E-state index in [-0.39, 0.29) is 5.91 Å². The molecule has 0 bridgehead atoms. The highest BCUT2D eigenvalue weighted by Gasteiger charge is 2.09. The molecule has 0 saturated heterocycles. The molecule has 4 aromatic rings. The zero-order valence-corrected chi connectivity index (χ0v) is 14.7. The van der Waals surface area contributed by atoms with Crippen LogP contribution in [0.1, 0.15) is 15.4 Å². The summed E-state index contributed by atoms with van der Waals surface area (Å²) in [5.74, 6) is 1.21. The minimum absolute atomic E-state index is 0.150. The molecule has 0 aliphatic heterocycles. The highest BCUT2D eigenvalue weighted by Crippen LogP contribution is 2.23. The predicted molar refractivity (Wildman–Crippen MR) is 104 cm³/mol. The molecule has 0 aliphatic rings. The second-order valence-electron chi connectivity index (χ2n) is 5.70. The van der Waals surface area contributed by atoms with E-state index in [4.69, 9.17) is 4.74 Å². The van der Waals surface area contributed by atoms with Gasteiger partial charge in [0.1, 0.15) is 16.5 Å². The standard InChI is InChI=1S/C21H16N2O2S/c24-21(22-14-20-23-18-11-4-5-12-19(18)26-20)15-7-6-10-17(13-15)25-16-8-2-1-3-9-16/h1-13H,14H2,(H,22,24). The molecule has 1 aromatic heterocycles. The van der Waals surface area contributed by atoms with Crippen molar-refractivity contribution in [3.05, 3.63) is 89.4 Å². The maximum absolute atomic E-state index is 12.4. The number of ether oxygens (including phenoxy) is 1. The largest absolute Gasteiger partial charge is 0.457 e. The van der Waals surface area contributed by atoms with Crippen LogP contribution in [-0.2, 0) is 6.54 Å². The van der Waals surface area contributed by atoms with Gasteiger partial charge in [0.2, 0.25) is 0 Å². The molecule has 26 heavy (non-hydrogen) atoms. The summed E-state index contributed by atoms with van der Waals surface area (Å²) in [7, 11) is 0. The SMILES string of the molecule is O=C(NCc1nc2ccccc2s1)c1cccc(Oc2ccccc2)c1. The van der Waals surface area contributed by atoms with Gasteiger partial charge in [-0.15, -0.1) is 11.3 Å². The lowest BCUT2D eigenvalue weighted by molar-refractivity contribution is 0.0950. The van der Waals surface area contributed by atoms with Crippen molar-refractivity contribution in [2.75, 3.05) is 0 Å². The minimum Gasteiger partial charge on any atom is -0.457 e. The van der Waals surface area contributed by atoms with Gasteiger partial charge in [0.15, 0.2) is 0 Å². The van der Waals surface area contributed by atoms with Gasteiger partial charge in [0.25, 0.3) is 5.91 Å². The van der Waals surface area contributed by atoms with Crippen LogP contribution in [0.4, 0.5) is 0 Å². The van der Waals surface area contributed by atoms with Crippen LogP contribution in [-0.4, -0.2) is 10.9 Å². The summed E-state index contributed by atoms with van der Waals surface area (Å²) < 4.78 is 6.90. The van der Waals surface area contributed by atoms with Gasteiger partial charge < -0.3 is 10.1 Å². The van der Waals surface area contributed by atoms with Crippen molar-refractivity contribution in [3.63, 3.8) is 0 Å². The monoisotopic (exact) mass is 360 g/mol. The zero-order chi connectivity index (χ0) is 17.8. The summed E-state index contributed by atoms with van der Waals surface area (Å²) in [6, 6.07) is 24.6. The number of fused-ring (bicyclic) bond motifs is 1. The smallest absolute Gasteiger partial charge is 0.251 e. The van der Waals surface area contributed by atoms with Crippen molar-refractivity contribution < 1.29 is 9.53 Å². The molecule has 0 radical (unpaired) electrons. The van der Waals surface area contributed by atoms with E-state index in [9.17, 15) is 4.79 Å². The Morgan fingerprint density at radius 3 is 2.54 bits per heavy atom. The Hall–Kier alpha value is -3.18. The highest BCUT2D eigenvalue weighted by atomic mass is 32.1. The van der Waals surface area contributed by atoms with Gasteiger partial charge in [0.05, 0.1) is 16.8 Å². The molecular weight excluding hydrogens is 344 g/mol. The first-order chi connectivity index (χ1) is 12.8. The van der Waals surface area contributed by atoms with Crippen LogP contribution in [0, 0.1) is 0 Å². The lowest BCUT2D eigenvalue weighted by Crippen LogP contribution is -2.22. The molecular formula is C21H16N2O2S. The Kier molecular flexibility index (Phi) is 4.62. The number of carbonyl (C=O) groups is 1. The van der Waals surface area contributed by atoms with Crippen molar-refractivity contribution in [2.45, 2.75) is 6.54 Å². The zero-order valence-electron chi connectivity index (χ0n) is 13.9. The van der Waals surface area contributed by atoms with E-state index < -0.39 is 0 Å². The van der Waals surface area contributed by atoms with Crippen molar-refractivity contribution in [1.82, 2.24) is 10.3 Å². The van der Waals surface area contributed by atoms with Crippen LogP contribution in [0.3, 0.4) is 0 Å². The van der Waals surface area contributed by atoms with Gasteiger partial charge in [-0.1, -0.05) is 36.4 Å². The van der Waals surface area contributed by atoms with Crippen LogP contribution in [0.25, 0.3) is 10.2 Å². The number of para-hydroxylation sites is 2. The van der Waals surface area contributed by atoms with Crippen molar-refractivity contribution >= 4 is 27.5 Å². The van der Waals surface area contributed by atoms with Gasteiger partial charge >= 0.3 is 0 Å². The number of benzene rings is 3. The van der Waals surface area contributed by atoms with Crippen molar-refractivity contribution in [1.29, 1.82) is 0 Å². The molecule has 0 spiro atoms. The summed E-state index contributed by atoms with van der Waals surface area (Å²) in [5.41, 5.74) is 1.51. The minimum atomic E-state index is -0.150. The van der Waals surface area contributed by atoms with Crippen LogP contribution < -0.4 is 10.1 Å². The Bertz CT molecular complexity index is 1010. The summed E-state index contributed by atoms with van der Waals surface area (Å²) >= 11 is 1.59. The van der Waals surface area contributed by atoms with E-state index in [2.05, 4.69) is 10.3 Å². The quantitative estimate of drug-likeness (QED) is 0.544. The van der Waals surface area contributed by atoms with Gasteiger partial charge in [-0.25, -0.2) is 4.98 Å². The van der Waals surface area contributed by atoms with Gasteiger partial charge in [0, 0.05) is 5.56 Å². The molecule has 1 amide bonds. The number of amides is 1. The molecule has 0 unspecified atom stereocenters. The number of hydrogen-bond acceptors (Lipinski definition) is 4. The number of nitrogens with one attached hydrogen (secondary N) is 1. The third-order valence-corrected chi connectivity index (χ3v) is 4.85. The van der Waals surface area contributed by atoms with Gasteiger partial charge in [-0.05, 0) is 42.5 Å². The molecule has 0 fully saturated rings. The van der Waals surface area contributed by atoms with Gasteiger partial charge in [-0.3, -0.25) is 4.79 Å². The summed E-state index contributed by atoms with van der Waals surface area (Å²) in [6.07, 6.45) is 0. The average molecular weight is 360 g/mol. The lowest BCUT2D eigenvalue weighted by atomic mass is 10.2. The molecule has 128 valence electrons. The molecule has 4 rings (SSSR count). The molecule has 5 heteroatoms. The number of nitrogens with zero attached hydrogens (tertiary/aromatic N) is 1. The Balaban J connectivity index is 1.43. The lowest BCUT2D eigenvalue weighted by Gasteiger charge is -2.08. The Morgan fingerprint density at radius 2 is 1.69 bits per heavy atom. The Labute approximate surface area is 155 Å². The van der Waals surface area contributed by atoms with E-state index in [0.29, 0.717) is 17.9 Å². The topological polar surface area (TPSA) is 51.2 Å². The Morgan fingerprint density at radius 1 is 0.923 bits per heavy atom. The normalized spacial score (nSPS) is 10.6. The van der Waals surface area contributed by atoms with Crippen LogP contribution in [0.15, 0.2) is 78.9 Å². The van der Waals surface area contributed by atoms with E-state index >= 15 is 0 Å². The molecule has 1 N–H and O–H groups in total. The molecule has 1 heterocycles. The highest BCUT2D eigenvalue weighted by molar-refractivity contribution is 7.18.